The van der Waals surface area contributed by atoms with E-state index in [4.69, 9.17) is 28.1 Å². The summed E-state index contributed by atoms with van der Waals surface area (Å²) in [6, 6.07) is 13.2. The predicted molar refractivity (Wildman–Crippen MR) is 140 cm³/mol. The molecule has 0 N–H and O–H groups in total. The Morgan fingerprint density at radius 2 is 1.69 bits per heavy atom. The van der Waals surface area contributed by atoms with Gasteiger partial charge in [0, 0.05) is 17.0 Å². The highest BCUT2D eigenvalue weighted by atomic mass is 16.5. The highest BCUT2D eigenvalue weighted by Crippen LogP contribution is 2.48. The van der Waals surface area contributed by atoms with Gasteiger partial charge in [0.15, 0.2) is 22.7 Å². The second-order valence-electron chi connectivity index (χ2n) is 9.02. The quantitative estimate of drug-likeness (QED) is 0.204. The molecule has 0 saturated heterocycles. The number of hydrogen-bond donors (Lipinski definition) is 0. The number of allylic oxidation sites excluding steroid dienone is 1. The molecule has 2 aliphatic heterocycles. The summed E-state index contributed by atoms with van der Waals surface area (Å²) in [4.78, 5) is 39.5. The van der Waals surface area contributed by atoms with Gasteiger partial charge in [0.05, 0.1) is 45.0 Å². The number of Topliss-reactive ketones (excluding diaryl/α,β-unsaturated/α-hetero) is 1. The molecule has 9 heteroatoms. The van der Waals surface area contributed by atoms with E-state index in [1.807, 2.05) is 0 Å². The Bertz CT molecular complexity index is 1760. The zero-order valence-corrected chi connectivity index (χ0v) is 21.2. The average Bonchev–Trinajstić information content (AvgIpc) is 3.27. The second-order valence-corrected chi connectivity index (χ2v) is 9.02. The Hall–Kier alpha value is -5.05. The molecule has 2 aliphatic rings. The van der Waals surface area contributed by atoms with Gasteiger partial charge < -0.3 is 28.1 Å². The van der Waals surface area contributed by atoms with Crippen LogP contribution in [0.2, 0.25) is 0 Å². The molecule has 0 bridgehead atoms. The van der Waals surface area contributed by atoms with Gasteiger partial charge in [0.25, 0.3) is 0 Å². The summed E-state index contributed by atoms with van der Waals surface area (Å²) in [5.74, 6) is 0.484. The number of fused-ring (bicyclic) bond motifs is 4. The van der Waals surface area contributed by atoms with Crippen LogP contribution in [0.3, 0.4) is 0 Å². The number of hydrogen-bond acceptors (Lipinski definition) is 9. The van der Waals surface area contributed by atoms with Crippen molar-refractivity contribution < 1.29 is 37.7 Å². The van der Waals surface area contributed by atoms with E-state index in [0.717, 1.165) is 0 Å². The highest BCUT2D eigenvalue weighted by molar-refractivity contribution is 6.15. The first-order chi connectivity index (χ1) is 18.9. The predicted octanol–water partition coefficient (Wildman–Crippen LogP) is 4.88. The van der Waals surface area contributed by atoms with Crippen molar-refractivity contribution >= 4 is 28.8 Å². The molecule has 3 aromatic carbocycles. The molecule has 0 radical (unpaired) electrons. The molecule has 4 aromatic rings. The van der Waals surface area contributed by atoms with Crippen molar-refractivity contribution in [1.82, 2.24) is 0 Å². The maximum atomic E-state index is 13.6. The molecule has 0 amide bonds. The van der Waals surface area contributed by atoms with Gasteiger partial charge in [-0.05, 0) is 54.1 Å². The van der Waals surface area contributed by atoms with E-state index < -0.39 is 11.9 Å². The third-order valence-electron chi connectivity index (χ3n) is 6.87. The minimum Gasteiger partial charge on any atom is -0.497 e. The summed E-state index contributed by atoms with van der Waals surface area (Å²) in [6.07, 6.45) is 2.81. The van der Waals surface area contributed by atoms with Gasteiger partial charge in [-0.3, -0.25) is 14.4 Å². The van der Waals surface area contributed by atoms with Crippen molar-refractivity contribution in [1.29, 1.82) is 0 Å². The second kappa shape index (κ2) is 9.36. The van der Waals surface area contributed by atoms with E-state index >= 15 is 0 Å². The van der Waals surface area contributed by atoms with E-state index in [1.165, 1.54) is 27.6 Å². The molecule has 3 heterocycles. The van der Waals surface area contributed by atoms with Crippen molar-refractivity contribution in [2.75, 3.05) is 21.3 Å². The van der Waals surface area contributed by atoms with Crippen molar-refractivity contribution in [3.05, 3.63) is 93.0 Å². The van der Waals surface area contributed by atoms with Gasteiger partial charge in [-0.15, -0.1) is 0 Å². The van der Waals surface area contributed by atoms with Crippen LogP contribution < -0.4 is 29.1 Å². The molecule has 39 heavy (non-hydrogen) atoms. The van der Waals surface area contributed by atoms with Crippen LogP contribution in [0.1, 0.15) is 39.4 Å². The van der Waals surface area contributed by atoms with Gasteiger partial charge in [0.2, 0.25) is 5.78 Å². The number of methoxy groups -OCH3 is 3. The molecule has 0 saturated carbocycles. The van der Waals surface area contributed by atoms with E-state index in [1.54, 1.807) is 54.6 Å². The number of carbonyl (C=O) groups excluding carboxylic acids is 2. The van der Waals surface area contributed by atoms with Crippen LogP contribution in [0, 0.1) is 0 Å². The van der Waals surface area contributed by atoms with Crippen LogP contribution in [0.4, 0.5) is 0 Å². The van der Waals surface area contributed by atoms with Gasteiger partial charge in [-0.1, -0.05) is 6.07 Å². The Labute approximate surface area is 222 Å². The Morgan fingerprint density at radius 3 is 2.46 bits per heavy atom. The topological polar surface area (TPSA) is 110 Å². The zero-order valence-electron chi connectivity index (χ0n) is 21.2. The first kappa shape index (κ1) is 24.3. The summed E-state index contributed by atoms with van der Waals surface area (Å²) >= 11 is 0. The Morgan fingerprint density at radius 1 is 0.872 bits per heavy atom. The maximum Gasteiger partial charge on any atom is 0.312 e. The van der Waals surface area contributed by atoms with Crippen LogP contribution in [0.25, 0.3) is 17.0 Å². The molecular weight excluding hydrogens is 504 g/mol. The van der Waals surface area contributed by atoms with Crippen molar-refractivity contribution in [2.45, 2.75) is 12.3 Å². The van der Waals surface area contributed by atoms with E-state index in [0.29, 0.717) is 44.9 Å². The standard InChI is InChI=1S/C30H22O9/c1-34-16-5-8-21-19(12-16)28(32)20(14-37-21)18-13-26(31)38-23-9-6-17-29(33)25(39-30(17)27(18)23)11-15-4-7-22(35-2)24(10-15)36-3/h4-12,14,18H,13H2,1-3H3/b25-11-/t18-/m0/s1. The first-order valence-corrected chi connectivity index (χ1v) is 12.0. The van der Waals surface area contributed by atoms with E-state index in [-0.39, 0.29) is 40.5 Å². The lowest BCUT2D eigenvalue weighted by atomic mass is 9.85. The van der Waals surface area contributed by atoms with Gasteiger partial charge in [0.1, 0.15) is 22.8 Å². The lowest BCUT2D eigenvalue weighted by molar-refractivity contribution is -0.135. The largest absolute Gasteiger partial charge is 0.497 e. The number of ether oxygens (including phenoxy) is 5. The summed E-state index contributed by atoms with van der Waals surface area (Å²) < 4.78 is 33.2. The summed E-state index contributed by atoms with van der Waals surface area (Å²) in [7, 11) is 4.56. The molecule has 0 unspecified atom stereocenters. The van der Waals surface area contributed by atoms with Gasteiger partial charge in [-0.2, -0.15) is 0 Å². The molecule has 6 rings (SSSR count). The number of carbonyl (C=O) groups is 2. The molecule has 9 nitrogen and oxygen atoms in total. The number of ketones is 1. The first-order valence-electron chi connectivity index (χ1n) is 12.0. The minimum absolute atomic E-state index is 0.0801. The Kier molecular flexibility index (Phi) is 5.83. The fraction of sp³-hybridized carbons (Fsp3) is 0.167. The third kappa shape index (κ3) is 3.99. The number of benzene rings is 3. The number of rotatable bonds is 5. The highest BCUT2D eigenvalue weighted by Gasteiger charge is 2.39. The molecule has 0 fully saturated rings. The van der Waals surface area contributed by atoms with Crippen LogP contribution in [0.5, 0.6) is 28.7 Å². The van der Waals surface area contributed by atoms with Crippen molar-refractivity contribution in [2.24, 2.45) is 0 Å². The monoisotopic (exact) mass is 526 g/mol. The summed E-state index contributed by atoms with van der Waals surface area (Å²) in [6.45, 7) is 0. The fourth-order valence-electron chi connectivity index (χ4n) is 4.96. The molecule has 1 atom stereocenters. The van der Waals surface area contributed by atoms with Crippen LogP contribution in [-0.4, -0.2) is 33.1 Å². The van der Waals surface area contributed by atoms with Gasteiger partial charge >= 0.3 is 5.97 Å². The molecule has 0 spiro atoms. The summed E-state index contributed by atoms with van der Waals surface area (Å²) in [5.41, 5.74) is 1.71. The lowest BCUT2D eigenvalue weighted by Crippen LogP contribution is -2.25. The zero-order chi connectivity index (χ0) is 27.3. The Balaban J connectivity index is 1.46. The van der Waals surface area contributed by atoms with Crippen molar-refractivity contribution in [3.8, 4) is 28.7 Å². The van der Waals surface area contributed by atoms with Crippen LogP contribution in [-0.2, 0) is 4.79 Å². The SMILES string of the molecule is COc1ccc2occ([C@@H]3CC(=O)Oc4ccc5c(c43)O/C(=C\c3ccc(OC)c(OC)c3)C5=O)c(=O)c2c1. The molecule has 1 aromatic heterocycles. The maximum absolute atomic E-state index is 13.6. The summed E-state index contributed by atoms with van der Waals surface area (Å²) in [5, 5.41) is 0.311. The average molecular weight is 526 g/mol. The smallest absolute Gasteiger partial charge is 0.312 e. The minimum atomic E-state index is -0.753. The normalized spacial score (nSPS) is 16.9. The van der Waals surface area contributed by atoms with Crippen LogP contribution >= 0.6 is 0 Å². The third-order valence-corrected chi connectivity index (χ3v) is 6.87. The molecule has 0 aliphatic carbocycles. The van der Waals surface area contributed by atoms with E-state index in [2.05, 4.69) is 0 Å². The van der Waals surface area contributed by atoms with Gasteiger partial charge in [-0.25, -0.2) is 0 Å². The van der Waals surface area contributed by atoms with Crippen LogP contribution in [0.15, 0.2) is 69.8 Å². The fourth-order valence-corrected chi connectivity index (χ4v) is 4.96. The van der Waals surface area contributed by atoms with Crippen molar-refractivity contribution in [3.63, 3.8) is 0 Å². The number of esters is 1. The molecular formula is C30H22O9. The molecule has 196 valence electrons. The lowest BCUT2D eigenvalue weighted by Gasteiger charge is -2.25. The van der Waals surface area contributed by atoms with E-state index in [9.17, 15) is 14.4 Å².